The fourth-order valence-electron chi connectivity index (χ4n) is 3.92. The molecule has 1 heterocycles. The monoisotopic (exact) mass is 538 g/mol. The fourth-order valence-corrected chi connectivity index (χ4v) is 4.28. The molecule has 0 unspecified atom stereocenters. The maximum absolute atomic E-state index is 11.5. The van der Waals surface area contributed by atoms with Crippen molar-refractivity contribution < 1.29 is 41.2 Å². The molecule has 0 aromatic heterocycles. The number of hydrogen-bond acceptors (Lipinski definition) is 8. The Hall–Kier alpha value is -2.69. The smallest absolute Gasteiger partial charge is 0.446 e. The molecule has 2 N–H and O–H groups in total. The topological polar surface area (TPSA) is 121 Å². The van der Waals surface area contributed by atoms with E-state index in [0.717, 1.165) is 44.1 Å². The predicted octanol–water partition coefficient (Wildman–Crippen LogP) is 5.44. The van der Waals surface area contributed by atoms with Gasteiger partial charge in [-0.2, -0.15) is 8.42 Å². The second kappa shape index (κ2) is 13.7. The van der Waals surface area contributed by atoms with Gasteiger partial charge in [0.1, 0.15) is 23.4 Å². The first kappa shape index (κ1) is 28.9. The van der Waals surface area contributed by atoms with Crippen molar-refractivity contribution in [3.05, 3.63) is 41.5 Å². The maximum Gasteiger partial charge on any atom is 0.446 e. The maximum atomic E-state index is 11.5. The van der Waals surface area contributed by atoms with Crippen LogP contribution >= 0.6 is 0 Å². The molecule has 2 aromatic carbocycles. The summed E-state index contributed by atoms with van der Waals surface area (Å²) >= 11 is 0. The lowest BCUT2D eigenvalue weighted by Crippen LogP contribution is -2.30. The third kappa shape index (κ3) is 8.41. The van der Waals surface area contributed by atoms with Crippen LogP contribution in [-0.4, -0.2) is 44.0 Å². The molecule has 1 aliphatic heterocycles. The highest BCUT2D eigenvalue weighted by molar-refractivity contribution is 7.81. The Morgan fingerprint density at radius 1 is 0.865 bits per heavy atom. The molecule has 206 valence electrons. The first-order chi connectivity index (χ1) is 17.8. The van der Waals surface area contributed by atoms with Gasteiger partial charge in [-0.3, -0.25) is 4.55 Å². The molecule has 0 bridgehead atoms. The Morgan fingerprint density at radius 3 is 2.11 bits per heavy atom. The molecule has 0 amide bonds. The molecule has 0 fully saturated rings. The number of fused-ring (bicyclic) bond motifs is 1. The van der Waals surface area contributed by atoms with E-state index in [1.54, 1.807) is 18.2 Å². The normalized spacial score (nSPS) is 17.0. The Bertz CT molecular complexity index is 1120. The molecule has 0 saturated carbocycles. The number of hydrogen-bond donors (Lipinski definition) is 2. The molecular weight excluding hydrogens is 500 g/mol. The predicted molar refractivity (Wildman–Crippen MR) is 139 cm³/mol. The van der Waals surface area contributed by atoms with Crippen LogP contribution in [0.5, 0.6) is 28.7 Å². The molecule has 9 nitrogen and oxygen atoms in total. The molecule has 3 rings (SSSR count). The van der Waals surface area contributed by atoms with E-state index in [1.807, 2.05) is 13.0 Å². The summed E-state index contributed by atoms with van der Waals surface area (Å²) in [5.74, 6) is 1.74. The lowest BCUT2D eigenvalue weighted by molar-refractivity contribution is 0.0194. The van der Waals surface area contributed by atoms with Crippen LogP contribution in [0.3, 0.4) is 0 Å². The molecule has 0 aliphatic carbocycles. The van der Waals surface area contributed by atoms with Crippen molar-refractivity contribution >= 4 is 10.4 Å². The van der Waals surface area contributed by atoms with Gasteiger partial charge >= 0.3 is 10.4 Å². The summed E-state index contributed by atoms with van der Waals surface area (Å²) in [6, 6.07) is 8.24. The third-order valence-electron chi connectivity index (χ3n) is 5.93. The number of ether oxygens (including phenoxy) is 4. The average molecular weight is 539 g/mol. The number of rotatable bonds is 15. The van der Waals surface area contributed by atoms with Crippen LogP contribution in [0.2, 0.25) is 0 Å². The summed E-state index contributed by atoms with van der Waals surface area (Å²) in [6.45, 7) is 7.63. The number of unbranched alkanes of at least 4 members (excludes halogenated alkanes) is 3. The minimum atomic E-state index is -4.79. The summed E-state index contributed by atoms with van der Waals surface area (Å²) in [7, 11) is -4.79. The van der Waals surface area contributed by atoms with Crippen LogP contribution in [0.1, 0.15) is 76.5 Å². The number of benzene rings is 2. The highest BCUT2D eigenvalue weighted by atomic mass is 32.3. The van der Waals surface area contributed by atoms with Gasteiger partial charge in [0.25, 0.3) is 0 Å². The molecule has 2 atom stereocenters. The van der Waals surface area contributed by atoms with E-state index in [2.05, 4.69) is 13.8 Å². The molecule has 37 heavy (non-hydrogen) atoms. The molecule has 10 heteroatoms. The number of aliphatic hydroxyl groups is 1. The standard InChI is InChI=1S/C27H38O9S/c1-4-7-12-32-20-16-24(34-14-9-6-3)21-18-22(28)27(35-25(21)17-20)19-10-11-23(33-13-8-5-2)26(15-19)36-37(29,30)31/h10-11,15-17,22,27-28H,4-9,12-14,18H2,1-3H3,(H,29,30,31)/t22-,27-/m1/s1. The van der Waals surface area contributed by atoms with Crippen LogP contribution in [0.15, 0.2) is 30.3 Å². The fraction of sp³-hybridized carbons (Fsp3) is 0.556. The average Bonchev–Trinajstić information content (AvgIpc) is 2.84. The van der Waals surface area contributed by atoms with Gasteiger partial charge in [0.05, 0.1) is 25.9 Å². The van der Waals surface area contributed by atoms with Crippen LogP contribution in [0.25, 0.3) is 0 Å². The van der Waals surface area contributed by atoms with Gasteiger partial charge < -0.3 is 28.2 Å². The van der Waals surface area contributed by atoms with Gasteiger partial charge in [-0.25, -0.2) is 0 Å². The Morgan fingerprint density at radius 2 is 1.49 bits per heavy atom. The molecule has 2 aromatic rings. The van der Waals surface area contributed by atoms with Crippen molar-refractivity contribution in [3.8, 4) is 28.7 Å². The van der Waals surface area contributed by atoms with Crippen LogP contribution in [0, 0.1) is 0 Å². The minimum Gasteiger partial charge on any atom is -0.493 e. The minimum absolute atomic E-state index is 0.166. The van der Waals surface area contributed by atoms with Gasteiger partial charge in [-0.15, -0.1) is 0 Å². The van der Waals surface area contributed by atoms with E-state index in [-0.39, 0.29) is 17.9 Å². The van der Waals surface area contributed by atoms with E-state index < -0.39 is 22.6 Å². The Kier molecular flexibility index (Phi) is 10.7. The van der Waals surface area contributed by atoms with Crippen molar-refractivity contribution in [1.29, 1.82) is 0 Å². The van der Waals surface area contributed by atoms with Gasteiger partial charge in [0.15, 0.2) is 11.5 Å². The lowest BCUT2D eigenvalue weighted by Gasteiger charge is -2.32. The van der Waals surface area contributed by atoms with Gasteiger partial charge in [-0.05, 0) is 37.0 Å². The molecule has 0 saturated heterocycles. The SMILES string of the molecule is CCCCOc1cc(OCCCC)c2c(c1)O[C@H](c1ccc(OCCCC)c(OS(=O)(=O)O)c1)[C@H](O)C2. The first-order valence-corrected chi connectivity index (χ1v) is 14.3. The van der Waals surface area contributed by atoms with Crippen molar-refractivity contribution in [2.75, 3.05) is 19.8 Å². The molecule has 0 radical (unpaired) electrons. The molecule has 0 spiro atoms. The van der Waals surface area contributed by atoms with Crippen LogP contribution in [0.4, 0.5) is 0 Å². The van der Waals surface area contributed by atoms with Gasteiger partial charge in [0.2, 0.25) is 0 Å². The quantitative estimate of drug-likeness (QED) is 0.225. The Labute approximate surface area is 219 Å². The van der Waals surface area contributed by atoms with Gasteiger partial charge in [0, 0.05) is 24.1 Å². The molecule has 1 aliphatic rings. The van der Waals surface area contributed by atoms with Crippen LogP contribution in [-0.2, 0) is 16.8 Å². The zero-order valence-corrected chi connectivity index (χ0v) is 22.6. The highest BCUT2D eigenvalue weighted by Crippen LogP contribution is 2.44. The summed E-state index contributed by atoms with van der Waals surface area (Å²) in [4.78, 5) is 0. The van der Waals surface area contributed by atoms with Crippen molar-refractivity contribution in [3.63, 3.8) is 0 Å². The summed E-state index contributed by atoms with van der Waals surface area (Å²) in [5.41, 5.74) is 1.21. The summed E-state index contributed by atoms with van der Waals surface area (Å²) < 4.78 is 60.8. The van der Waals surface area contributed by atoms with E-state index in [4.69, 9.17) is 23.1 Å². The third-order valence-corrected chi connectivity index (χ3v) is 6.32. The lowest BCUT2D eigenvalue weighted by atomic mass is 9.93. The molecular formula is C27H38O9S. The largest absolute Gasteiger partial charge is 0.493 e. The highest BCUT2D eigenvalue weighted by Gasteiger charge is 2.33. The zero-order valence-electron chi connectivity index (χ0n) is 21.8. The van der Waals surface area contributed by atoms with E-state index >= 15 is 0 Å². The van der Waals surface area contributed by atoms with E-state index in [1.165, 1.54) is 6.07 Å². The second-order valence-corrected chi connectivity index (χ2v) is 10.1. The van der Waals surface area contributed by atoms with Crippen molar-refractivity contribution in [1.82, 2.24) is 0 Å². The van der Waals surface area contributed by atoms with Gasteiger partial charge in [-0.1, -0.05) is 46.1 Å². The second-order valence-electron chi connectivity index (χ2n) is 9.03. The first-order valence-electron chi connectivity index (χ1n) is 13.0. The van der Waals surface area contributed by atoms with E-state index in [9.17, 15) is 18.1 Å². The Balaban J connectivity index is 1.92. The number of aliphatic hydroxyl groups excluding tert-OH is 1. The van der Waals surface area contributed by atoms with Crippen molar-refractivity contribution in [2.24, 2.45) is 0 Å². The summed E-state index contributed by atoms with van der Waals surface area (Å²) in [6.07, 6.45) is 3.94. The zero-order chi connectivity index (χ0) is 26.8. The summed E-state index contributed by atoms with van der Waals surface area (Å²) in [5, 5.41) is 11.0. The van der Waals surface area contributed by atoms with Crippen LogP contribution < -0.4 is 23.1 Å². The van der Waals surface area contributed by atoms with E-state index in [0.29, 0.717) is 42.6 Å². The van der Waals surface area contributed by atoms with Crippen molar-refractivity contribution in [2.45, 2.75) is 77.9 Å².